The lowest BCUT2D eigenvalue weighted by atomic mass is 10.2. The number of benzene rings is 1. The summed E-state index contributed by atoms with van der Waals surface area (Å²) in [5.41, 5.74) is 0.497. The minimum atomic E-state index is -0.670. The van der Waals surface area contributed by atoms with Crippen LogP contribution in [0.1, 0.15) is 11.3 Å². The van der Waals surface area contributed by atoms with Gasteiger partial charge in [-0.05, 0) is 18.2 Å². The number of aromatic nitrogens is 2. The average Bonchev–Trinajstić information content (AvgIpc) is 2.81. The maximum Gasteiger partial charge on any atom is 0.226 e. The molecule has 1 amide bonds. The molecule has 1 aromatic heterocycles. The summed E-state index contributed by atoms with van der Waals surface area (Å²) >= 11 is 0. The van der Waals surface area contributed by atoms with E-state index in [1.54, 1.807) is 6.07 Å². The number of carbonyl (C=O) groups is 1. The lowest BCUT2D eigenvalue weighted by molar-refractivity contribution is -0.120. The molecule has 0 aliphatic rings. The van der Waals surface area contributed by atoms with Gasteiger partial charge in [0, 0.05) is 24.0 Å². The summed E-state index contributed by atoms with van der Waals surface area (Å²) < 4.78 is 26.5. The quantitative estimate of drug-likeness (QED) is 0.866. The number of nitrogens with zero attached hydrogens (tertiary/aromatic N) is 1. The number of rotatable bonds is 4. The van der Waals surface area contributed by atoms with Crippen molar-refractivity contribution in [2.24, 2.45) is 0 Å². The van der Waals surface area contributed by atoms with E-state index in [9.17, 15) is 13.6 Å². The first-order chi connectivity index (χ1) is 8.66. The molecule has 0 saturated carbocycles. The van der Waals surface area contributed by atoms with Gasteiger partial charge in [-0.3, -0.25) is 9.89 Å². The first kappa shape index (κ1) is 12.2. The summed E-state index contributed by atoms with van der Waals surface area (Å²) in [4.78, 5) is 11.5. The molecule has 0 atom stereocenters. The van der Waals surface area contributed by atoms with E-state index in [0.717, 1.165) is 12.1 Å². The first-order valence-corrected chi connectivity index (χ1v) is 5.34. The van der Waals surface area contributed by atoms with Crippen LogP contribution in [0.15, 0.2) is 30.5 Å². The molecule has 0 bridgehead atoms. The minimum absolute atomic E-state index is 0.0933. The molecule has 1 aromatic carbocycles. The van der Waals surface area contributed by atoms with Gasteiger partial charge in [0.05, 0.1) is 6.42 Å². The second-order valence-electron chi connectivity index (χ2n) is 3.74. The van der Waals surface area contributed by atoms with Crippen LogP contribution in [0.25, 0.3) is 0 Å². The van der Waals surface area contributed by atoms with E-state index >= 15 is 0 Å². The second kappa shape index (κ2) is 5.39. The zero-order chi connectivity index (χ0) is 13.0. The SMILES string of the molecule is O=C(Cc1ccn[nH]1)NCc1c(F)cccc1F. The van der Waals surface area contributed by atoms with Gasteiger partial charge in [-0.25, -0.2) is 8.78 Å². The number of hydrogen-bond acceptors (Lipinski definition) is 2. The summed E-state index contributed by atoms with van der Waals surface area (Å²) in [5.74, 6) is -1.67. The normalized spacial score (nSPS) is 10.3. The zero-order valence-corrected chi connectivity index (χ0v) is 9.41. The molecule has 2 rings (SSSR count). The Kier molecular flexibility index (Phi) is 3.66. The maximum atomic E-state index is 13.3. The van der Waals surface area contributed by atoms with Gasteiger partial charge in [-0.1, -0.05) is 6.07 Å². The molecule has 0 unspecified atom stereocenters. The van der Waals surface area contributed by atoms with Crippen LogP contribution < -0.4 is 5.32 Å². The van der Waals surface area contributed by atoms with E-state index in [-0.39, 0.29) is 24.4 Å². The molecule has 0 fully saturated rings. The number of hydrogen-bond donors (Lipinski definition) is 2. The van der Waals surface area contributed by atoms with Crippen molar-refractivity contribution in [2.75, 3.05) is 0 Å². The number of carbonyl (C=O) groups excluding carboxylic acids is 1. The van der Waals surface area contributed by atoms with Crippen LogP contribution in [0.4, 0.5) is 8.78 Å². The van der Waals surface area contributed by atoms with Gasteiger partial charge in [0.25, 0.3) is 0 Å². The minimum Gasteiger partial charge on any atom is -0.351 e. The molecule has 1 heterocycles. The van der Waals surface area contributed by atoms with Crippen molar-refractivity contribution in [1.82, 2.24) is 15.5 Å². The van der Waals surface area contributed by atoms with Gasteiger partial charge in [-0.2, -0.15) is 5.10 Å². The van der Waals surface area contributed by atoms with Crippen LogP contribution in [0.2, 0.25) is 0 Å². The largest absolute Gasteiger partial charge is 0.351 e. The molecule has 94 valence electrons. The highest BCUT2D eigenvalue weighted by Crippen LogP contribution is 2.11. The van der Waals surface area contributed by atoms with Crippen LogP contribution in [-0.2, 0) is 17.8 Å². The Morgan fingerprint density at radius 1 is 1.28 bits per heavy atom. The molecule has 0 aliphatic heterocycles. The standard InChI is InChI=1S/C12H11F2N3O/c13-10-2-1-3-11(14)9(10)7-15-12(18)6-8-4-5-16-17-8/h1-5H,6-7H2,(H,15,18)(H,16,17). The monoisotopic (exact) mass is 251 g/mol. The summed E-state index contributed by atoms with van der Waals surface area (Å²) in [6.07, 6.45) is 1.62. The fourth-order valence-corrected chi connectivity index (χ4v) is 1.51. The Morgan fingerprint density at radius 2 is 2.00 bits per heavy atom. The van der Waals surface area contributed by atoms with Crippen LogP contribution >= 0.6 is 0 Å². The third-order valence-corrected chi connectivity index (χ3v) is 2.43. The van der Waals surface area contributed by atoms with Gasteiger partial charge >= 0.3 is 0 Å². The van der Waals surface area contributed by atoms with E-state index in [1.807, 2.05) is 0 Å². The number of amides is 1. The smallest absolute Gasteiger partial charge is 0.226 e. The van der Waals surface area contributed by atoms with Gasteiger partial charge in [0.15, 0.2) is 0 Å². The maximum absolute atomic E-state index is 13.3. The van der Waals surface area contributed by atoms with E-state index in [4.69, 9.17) is 0 Å². The van der Waals surface area contributed by atoms with Gasteiger partial charge in [0.2, 0.25) is 5.91 Å². The Morgan fingerprint density at radius 3 is 2.61 bits per heavy atom. The zero-order valence-electron chi connectivity index (χ0n) is 9.41. The van der Waals surface area contributed by atoms with Crippen molar-refractivity contribution in [2.45, 2.75) is 13.0 Å². The first-order valence-electron chi connectivity index (χ1n) is 5.34. The van der Waals surface area contributed by atoms with Crippen molar-refractivity contribution in [1.29, 1.82) is 0 Å². The van der Waals surface area contributed by atoms with E-state index in [0.29, 0.717) is 5.69 Å². The lowest BCUT2D eigenvalue weighted by Gasteiger charge is -2.06. The van der Waals surface area contributed by atoms with E-state index in [2.05, 4.69) is 15.5 Å². The van der Waals surface area contributed by atoms with Gasteiger partial charge < -0.3 is 5.32 Å². The third kappa shape index (κ3) is 2.91. The highest BCUT2D eigenvalue weighted by Gasteiger charge is 2.10. The molecule has 6 heteroatoms. The number of nitrogens with one attached hydrogen (secondary N) is 2. The van der Waals surface area contributed by atoms with E-state index in [1.165, 1.54) is 12.3 Å². The summed E-state index contributed by atoms with van der Waals surface area (Å²) in [7, 11) is 0. The van der Waals surface area contributed by atoms with Crippen LogP contribution in [0, 0.1) is 11.6 Å². The molecule has 2 aromatic rings. The van der Waals surface area contributed by atoms with E-state index < -0.39 is 11.6 Å². The van der Waals surface area contributed by atoms with Gasteiger partial charge in [0.1, 0.15) is 11.6 Å². The predicted molar refractivity (Wildman–Crippen MR) is 60.5 cm³/mol. The molecule has 0 saturated heterocycles. The Hall–Kier alpha value is -2.24. The van der Waals surface area contributed by atoms with Crippen molar-refractivity contribution < 1.29 is 13.6 Å². The van der Waals surface area contributed by atoms with Crippen LogP contribution in [0.5, 0.6) is 0 Å². The second-order valence-corrected chi connectivity index (χ2v) is 3.74. The summed E-state index contributed by atoms with van der Waals surface area (Å²) in [6.45, 7) is -0.175. The van der Waals surface area contributed by atoms with Crippen molar-refractivity contribution in [3.63, 3.8) is 0 Å². The molecule has 0 radical (unpaired) electrons. The highest BCUT2D eigenvalue weighted by molar-refractivity contribution is 5.78. The molecule has 2 N–H and O–H groups in total. The Bertz CT molecular complexity index is 520. The topological polar surface area (TPSA) is 57.8 Å². The average molecular weight is 251 g/mol. The molecule has 18 heavy (non-hydrogen) atoms. The fourth-order valence-electron chi connectivity index (χ4n) is 1.51. The molecule has 0 spiro atoms. The number of aromatic amines is 1. The summed E-state index contributed by atoms with van der Waals surface area (Å²) in [5, 5.41) is 8.78. The summed E-state index contributed by atoms with van der Waals surface area (Å²) in [6, 6.07) is 5.24. The van der Waals surface area contributed by atoms with Crippen molar-refractivity contribution in [3.8, 4) is 0 Å². The third-order valence-electron chi connectivity index (χ3n) is 2.43. The molecular weight excluding hydrogens is 240 g/mol. The number of H-pyrrole nitrogens is 1. The van der Waals surface area contributed by atoms with Crippen molar-refractivity contribution in [3.05, 3.63) is 53.4 Å². The Balaban J connectivity index is 1.93. The predicted octanol–water partition coefficient (Wildman–Crippen LogP) is 1.55. The van der Waals surface area contributed by atoms with Crippen molar-refractivity contribution >= 4 is 5.91 Å². The Labute approximate surface area is 102 Å². The molecular formula is C12H11F2N3O. The van der Waals surface area contributed by atoms with Crippen LogP contribution in [-0.4, -0.2) is 16.1 Å². The number of halogens is 2. The van der Waals surface area contributed by atoms with Gasteiger partial charge in [-0.15, -0.1) is 0 Å². The highest BCUT2D eigenvalue weighted by atomic mass is 19.1. The molecule has 4 nitrogen and oxygen atoms in total. The lowest BCUT2D eigenvalue weighted by Crippen LogP contribution is -2.25. The fraction of sp³-hybridized carbons (Fsp3) is 0.167. The molecule has 0 aliphatic carbocycles. The van der Waals surface area contributed by atoms with Crippen LogP contribution in [0.3, 0.4) is 0 Å².